The highest BCUT2D eigenvalue weighted by Crippen LogP contribution is 2.33. The first kappa shape index (κ1) is 12.1. The van der Waals surface area contributed by atoms with Gasteiger partial charge >= 0.3 is 0 Å². The Morgan fingerprint density at radius 3 is 2.78 bits per heavy atom. The normalized spacial score (nSPS) is 10.8. The van der Waals surface area contributed by atoms with Gasteiger partial charge < -0.3 is 0 Å². The van der Waals surface area contributed by atoms with Crippen LogP contribution in [-0.4, -0.2) is 4.98 Å². The van der Waals surface area contributed by atoms with Crippen LogP contribution >= 0.6 is 38.6 Å². The molecular weight excluding hydrogens is 326 g/mol. The summed E-state index contributed by atoms with van der Waals surface area (Å²) in [5, 5.41) is 7.55. The van der Waals surface area contributed by atoms with Crippen LogP contribution in [0.3, 0.4) is 0 Å². The quantitative estimate of drug-likeness (QED) is 0.593. The van der Waals surface area contributed by atoms with Crippen LogP contribution in [0.2, 0.25) is 0 Å². The van der Waals surface area contributed by atoms with Crippen LogP contribution in [0.1, 0.15) is 5.56 Å². The van der Waals surface area contributed by atoms with Crippen molar-refractivity contribution in [1.29, 1.82) is 0 Å². The van der Waals surface area contributed by atoms with Crippen LogP contribution in [0.25, 0.3) is 21.8 Å². The zero-order chi connectivity index (χ0) is 12.5. The second-order valence-corrected chi connectivity index (χ2v) is 6.53. The molecule has 0 radical (unpaired) electrons. The average Bonchev–Trinajstić information content (AvgIpc) is 2.97. The minimum absolute atomic E-state index is 1.04. The third-order valence-corrected chi connectivity index (χ3v) is 4.94. The van der Waals surface area contributed by atoms with Gasteiger partial charge in [0.1, 0.15) is 5.01 Å². The number of hydrogen-bond acceptors (Lipinski definition) is 3. The summed E-state index contributed by atoms with van der Waals surface area (Å²) in [4.78, 5) is 4.73. The van der Waals surface area contributed by atoms with Crippen molar-refractivity contribution in [2.45, 2.75) is 6.92 Å². The molecule has 3 aromatic rings. The second-order valence-electron chi connectivity index (χ2n) is 4.02. The predicted molar refractivity (Wildman–Crippen MR) is 83.3 cm³/mol. The molecule has 0 fully saturated rings. The molecule has 1 nitrogen and oxygen atoms in total. The van der Waals surface area contributed by atoms with Crippen LogP contribution in [0.15, 0.2) is 44.9 Å². The Hall–Kier alpha value is -0.970. The van der Waals surface area contributed by atoms with E-state index in [1.807, 2.05) is 12.1 Å². The van der Waals surface area contributed by atoms with Gasteiger partial charge in [-0.3, -0.25) is 0 Å². The lowest BCUT2D eigenvalue weighted by molar-refractivity contribution is 1.39. The Bertz CT molecular complexity index is 684. The number of thiazole rings is 1. The highest BCUT2D eigenvalue weighted by Gasteiger charge is 2.09. The van der Waals surface area contributed by atoms with E-state index < -0.39 is 0 Å². The molecule has 0 amide bonds. The molecule has 1 aromatic carbocycles. The van der Waals surface area contributed by atoms with Gasteiger partial charge in [0.05, 0.1) is 5.69 Å². The predicted octanol–water partition coefficient (Wildman–Crippen LogP) is 5.61. The van der Waals surface area contributed by atoms with Crippen molar-refractivity contribution >= 4 is 38.6 Å². The number of hydrogen-bond donors (Lipinski definition) is 0. The van der Waals surface area contributed by atoms with Gasteiger partial charge in [-0.05, 0) is 30.0 Å². The van der Waals surface area contributed by atoms with E-state index in [1.54, 1.807) is 22.7 Å². The van der Waals surface area contributed by atoms with E-state index >= 15 is 0 Å². The molecule has 0 saturated carbocycles. The van der Waals surface area contributed by atoms with Crippen molar-refractivity contribution < 1.29 is 0 Å². The summed E-state index contributed by atoms with van der Waals surface area (Å²) in [6.45, 7) is 2.13. The number of nitrogens with zero attached hydrogens (tertiary/aromatic N) is 1. The van der Waals surface area contributed by atoms with Gasteiger partial charge in [0.15, 0.2) is 0 Å². The highest BCUT2D eigenvalue weighted by molar-refractivity contribution is 9.10. The highest BCUT2D eigenvalue weighted by atomic mass is 79.9. The molecule has 0 spiro atoms. The van der Waals surface area contributed by atoms with Gasteiger partial charge in [-0.25, -0.2) is 4.98 Å². The van der Waals surface area contributed by atoms with Crippen molar-refractivity contribution in [3.8, 4) is 21.8 Å². The van der Waals surface area contributed by atoms with Gasteiger partial charge in [0.2, 0.25) is 0 Å². The number of thiophene rings is 1. The average molecular weight is 336 g/mol. The Morgan fingerprint density at radius 1 is 1.17 bits per heavy atom. The standard InChI is InChI=1S/C14H10BrNS2/c1-9-6-17-7-12(9)14-16-13(8-18-14)10-3-2-4-11(15)5-10/h2-8H,1H3. The zero-order valence-corrected chi connectivity index (χ0v) is 12.9. The molecule has 4 heteroatoms. The molecule has 0 unspecified atom stereocenters. The maximum Gasteiger partial charge on any atom is 0.125 e. The van der Waals surface area contributed by atoms with Gasteiger partial charge in [-0.15, -0.1) is 11.3 Å². The second kappa shape index (κ2) is 4.96. The molecule has 2 heterocycles. The van der Waals surface area contributed by atoms with Crippen LogP contribution in [-0.2, 0) is 0 Å². The lowest BCUT2D eigenvalue weighted by Gasteiger charge is -1.97. The van der Waals surface area contributed by atoms with E-state index in [2.05, 4.69) is 51.1 Å². The molecule has 0 aliphatic carbocycles. The van der Waals surface area contributed by atoms with Crippen molar-refractivity contribution in [3.63, 3.8) is 0 Å². The monoisotopic (exact) mass is 335 g/mol. The Kier molecular flexibility index (Phi) is 3.33. The first-order valence-corrected chi connectivity index (χ1v) is 8.10. The van der Waals surface area contributed by atoms with E-state index in [1.165, 1.54) is 11.1 Å². The van der Waals surface area contributed by atoms with Gasteiger partial charge in [0.25, 0.3) is 0 Å². The molecule has 2 aromatic heterocycles. The molecule has 0 aliphatic rings. The van der Waals surface area contributed by atoms with Crippen LogP contribution in [0, 0.1) is 6.92 Å². The lowest BCUT2D eigenvalue weighted by Crippen LogP contribution is -1.79. The molecule has 3 rings (SSSR count). The third kappa shape index (κ3) is 2.28. The zero-order valence-electron chi connectivity index (χ0n) is 9.68. The number of aryl methyl sites for hydroxylation is 1. The molecule has 0 N–H and O–H groups in total. The summed E-state index contributed by atoms with van der Waals surface area (Å²) in [7, 11) is 0. The van der Waals surface area contributed by atoms with Gasteiger partial charge in [0, 0.05) is 26.4 Å². The number of rotatable bonds is 2. The largest absolute Gasteiger partial charge is 0.236 e. The minimum atomic E-state index is 1.04. The maximum atomic E-state index is 4.73. The number of aromatic nitrogens is 1. The Balaban J connectivity index is 2.02. The molecule has 0 atom stereocenters. The fourth-order valence-corrected chi connectivity index (χ4v) is 3.97. The lowest BCUT2D eigenvalue weighted by atomic mass is 10.2. The third-order valence-electron chi connectivity index (χ3n) is 2.71. The fraction of sp³-hybridized carbons (Fsp3) is 0.0714. The van der Waals surface area contributed by atoms with Crippen molar-refractivity contribution in [3.05, 3.63) is 50.4 Å². The first-order chi connectivity index (χ1) is 8.74. The van der Waals surface area contributed by atoms with Gasteiger partial charge in [-0.2, -0.15) is 11.3 Å². The molecule has 90 valence electrons. The molecule has 0 aliphatic heterocycles. The fourth-order valence-electron chi connectivity index (χ4n) is 1.76. The maximum absolute atomic E-state index is 4.73. The summed E-state index contributed by atoms with van der Waals surface area (Å²) in [5.41, 5.74) is 4.75. The SMILES string of the molecule is Cc1cscc1-c1nc(-c2cccc(Br)c2)cs1. The molecule has 0 saturated heterocycles. The summed E-state index contributed by atoms with van der Waals surface area (Å²) >= 11 is 6.92. The molecular formula is C14H10BrNS2. The van der Waals surface area contributed by atoms with Crippen molar-refractivity contribution in [2.24, 2.45) is 0 Å². The van der Waals surface area contributed by atoms with Crippen molar-refractivity contribution in [2.75, 3.05) is 0 Å². The summed E-state index contributed by atoms with van der Waals surface area (Å²) in [5.74, 6) is 0. The van der Waals surface area contributed by atoms with Crippen LogP contribution in [0.4, 0.5) is 0 Å². The number of benzene rings is 1. The van der Waals surface area contributed by atoms with E-state index in [4.69, 9.17) is 4.98 Å². The van der Waals surface area contributed by atoms with E-state index in [0.717, 1.165) is 20.7 Å². The topological polar surface area (TPSA) is 12.9 Å². The number of halogens is 1. The molecule has 18 heavy (non-hydrogen) atoms. The van der Waals surface area contributed by atoms with Crippen LogP contribution < -0.4 is 0 Å². The molecule has 0 bridgehead atoms. The van der Waals surface area contributed by atoms with E-state index in [9.17, 15) is 0 Å². The van der Waals surface area contributed by atoms with Gasteiger partial charge in [-0.1, -0.05) is 28.1 Å². The summed E-state index contributed by atoms with van der Waals surface area (Å²) in [6, 6.07) is 8.25. The Morgan fingerprint density at radius 2 is 2.06 bits per heavy atom. The minimum Gasteiger partial charge on any atom is -0.236 e. The Labute approximate surface area is 122 Å². The summed E-state index contributed by atoms with van der Waals surface area (Å²) in [6.07, 6.45) is 0. The van der Waals surface area contributed by atoms with Crippen LogP contribution in [0.5, 0.6) is 0 Å². The van der Waals surface area contributed by atoms with E-state index in [0.29, 0.717) is 0 Å². The van der Waals surface area contributed by atoms with Crippen molar-refractivity contribution in [1.82, 2.24) is 4.98 Å². The first-order valence-electron chi connectivity index (χ1n) is 5.48. The van der Waals surface area contributed by atoms with E-state index in [-0.39, 0.29) is 0 Å². The summed E-state index contributed by atoms with van der Waals surface area (Å²) < 4.78 is 1.08. The smallest absolute Gasteiger partial charge is 0.125 e.